The average molecular weight is 639 g/mol. The van der Waals surface area contributed by atoms with E-state index in [4.69, 9.17) is 10.00 Å². The SMILES string of the molecule is CNC(=O)c1nc(-c2cnn(CCCCO)c2)ccc1Nc1nc(Nc2ccc(CO[PH](=O)O)cc2F)ncc1C(F)(F)F. The van der Waals surface area contributed by atoms with Crippen LogP contribution in [0.2, 0.25) is 0 Å². The van der Waals surface area contributed by atoms with Gasteiger partial charge in [0.2, 0.25) is 5.95 Å². The number of halogens is 4. The highest BCUT2D eigenvalue weighted by molar-refractivity contribution is 7.32. The van der Waals surface area contributed by atoms with Crippen LogP contribution in [0.1, 0.15) is 34.5 Å². The van der Waals surface area contributed by atoms with Crippen LogP contribution in [-0.4, -0.2) is 54.3 Å². The molecule has 0 radical (unpaired) electrons. The molecule has 0 aliphatic carbocycles. The number of rotatable bonds is 13. The molecule has 0 aliphatic heterocycles. The van der Waals surface area contributed by atoms with Crippen molar-refractivity contribution in [2.75, 3.05) is 24.3 Å². The van der Waals surface area contributed by atoms with E-state index in [9.17, 15) is 26.9 Å². The Morgan fingerprint density at radius 2 is 1.86 bits per heavy atom. The Morgan fingerprint density at radius 3 is 2.55 bits per heavy atom. The van der Waals surface area contributed by atoms with Gasteiger partial charge in [-0.05, 0) is 42.7 Å². The maximum atomic E-state index is 14.6. The molecule has 1 amide bonds. The van der Waals surface area contributed by atoms with E-state index >= 15 is 0 Å². The lowest BCUT2D eigenvalue weighted by Crippen LogP contribution is -2.21. The number of anilines is 4. The molecule has 3 heterocycles. The minimum absolute atomic E-state index is 0.0526. The van der Waals surface area contributed by atoms with Gasteiger partial charge in [-0.15, -0.1) is 0 Å². The van der Waals surface area contributed by atoms with E-state index < -0.39 is 43.5 Å². The van der Waals surface area contributed by atoms with Gasteiger partial charge in [0, 0.05) is 38.2 Å². The molecule has 0 saturated heterocycles. The molecule has 18 heteroatoms. The number of carbonyl (C=O) groups excluding carboxylic acids is 1. The van der Waals surface area contributed by atoms with Gasteiger partial charge < -0.3 is 30.5 Å². The number of amides is 1. The predicted octanol–water partition coefficient (Wildman–Crippen LogP) is 4.41. The van der Waals surface area contributed by atoms with Crippen LogP contribution in [0.25, 0.3) is 11.3 Å². The van der Waals surface area contributed by atoms with Crippen LogP contribution in [0.3, 0.4) is 0 Å². The second-order valence-electron chi connectivity index (χ2n) is 9.17. The fraction of sp³-hybridized carbons (Fsp3) is 0.269. The van der Waals surface area contributed by atoms with Crippen molar-refractivity contribution in [2.45, 2.75) is 32.2 Å². The first-order chi connectivity index (χ1) is 21.0. The second kappa shape index (κ2) is 14.4. The van der Waals surface area contributed by atoms with Gasteiger partial charge in [-0.25, -0.2) is 14.4 Å². The number of aliphatic hydroxyl groups excluding tert-OH is 1. The lowest BCUT2D eigenvalue weighted by atomic mass is 10.1. The van der Waals surface area contributed by atoms with Gasteiger partial charge in [-0.2, -0.15) is 23.3 Å². The molecule has 1 aromatic carbocycles. The Kier molecular flexibility index (Phi) is 10.6. The molecule has 1 unspecified atom stereocenters. The van der Waals surface area contributed by atoms with E-state index in [1.165, 1.54) is 37.5 Å². The molecule has 0 fully saturated rings. The van der Waals surface area contributed by atoms with Crippen LogP contribution in [0.4, 0.5) is 40.7 Å². The number of aromatic nitrogens is 5. The van der Waals surface area contributed by atoms with Crippen molar-refractivity contribution in [1.29, 1.82) is 0 Å². The molecular weight excluding hydrogens is 611 g/mol. The van der Waals surface area contributed by atoms with Crippen molar-refractivity contribution in [1.82, 2.24) is 30.0 Å². The third-order valence-corrected chi connectivity index (χ3v) is 6.44. The monoisotopic (exact) mass is 638 g/mol. The maximum Gasteiger partial charge on any atom is 0.421 e. The Hall–Kier alpha value is -4.44. The summed E-state index contributed by atoms with van der Waals surface area (Å²) in [5, 5.41) is 20.6. The van der Waals surface area contributed by atoms with Crippen LogP contribution in [-0.2, 0) is 28.4 Å². The van der Waals surface area contributed by atoms with E-state index in [1.54, 1.807) is 10.9 Å². The number of nitrogens with zero attached hydrogens (tertiary/aromatic N) is 5. The van der Waals surface area contributed by atoms with Gasteiger partial charge in [0.15, 0.2) is 5.69 Å². The first-order valence-corrected chi connectivity index (χ1v) is 14.2. The summed E-state index contributed by atoms with van der Waals surface area (Å²) in [6.45, 7) is 0.267. The molecule has 0 aliphatic rings. The number of carbonyl (C=O) groups is 1. The summed E-state index contributed by atoms with van der Waals surface area (Å²) in [5.74, 6) is -2.67. The molecule has 0 saturated carbocycles. The third kappa shape index (κ3) is 8.35. The minimum atomic E-state index is -4.90. The zero-order chi connectivity index (χ0) is 31.9. The number of alkyl halides is 3. The highest BCUT2D eigenvalue weighted by atomic mass is 31.1. The summed E-state index contributed by atoms with van der Waals surface area (Å²) in [6.07, 6.45) is 0.117. The number of pyridine rings is 1. The lowest BCUT2D eigenvalue weighted by molar-refractivity contribution is -0.137. The van der Waals surface area contributed by atoms with Crippen LogP contribution in [0.15, 0.2) is 48.9 Å². The minimum Gasteiger partial charge on any atom is -0.396 e. The molecule has 1 atom stereocenters. The summed E-state index contributed by atoms with van der Waals surface area (Å²) in [7, 11) is -1.89. The van der Waals surface area contributed by atoms with Gasteiger partial charge >= 0.3 is 14.4 Å². The molecule has 3 aromatic heterocycles. The smallest absolute Gasteiger partial charge is 0.396 e. The summed E-state index contributed by atoms with van der Waals surface area (Å²) in [6, 6.07) is 6.48. The number of aryl methyl sites for hydroxylation is 1. The molecule has 234 valence electrons. The number of unbranched alkanes of at least 4 members (excludes halogenated alkanes) is 1. The van der Waals surface area contributed by atoms with E-state index in [2.05, 4.69) is 40.5 Å². The fourth-order valence-electron chi connectivity index (χ4n) is 3.90. The first-order valence-electron chi connectivity index (χ1n) is 13.0. The number of hydrogen-bond donors (Lipinski definition) is 5. The normalized spacial score (nSPS) is 12.2. The molecule has 4 rings (SSSR count). The highest BCUT2D eigenvalue weighted by Gasteiger charge is 2.36. The quantitative estimate of drug-likeness (QED) is 0.0797. The summed E-state index contributed by atoms with van der Waals surface area (Å²) < 4.78 is 73.3. The molecule has 0 spiro atoms. The van der Waals surface area contributed by atoms with E-state index in [0.717, 1.165) is 6.07 Å². The zero-order valence-electron chi connectivity index (χ0n) is 23.0. The van der Waals surface area contributed by atoms with Crippen LogP contribution in [0.5, 0.6) is 0 Å². The van der Waals surface area contributed by atoms with Crippen LogP contribution < -0.4 is 16.0 Å². The highest BCUT2D eigenvalue weighted by Crippen LogP contribution is 2.36. The Balaban J connectivity index is 1.64. The maximum absolute atomic E-state index is 14.6. The van der Waals surface area contributed by atoms with E-state index in [0.29, 0.717) is 36.8 Å². The summed E-state index contributed by atoms with van der Waals surface area (Å²) >= 11 is 0. The number of benzene rings is 1. The van der Waals surface area contributed by atoms with Gasteiger partial charge in [0.05, 0.1) is 29.9 Å². The molecule has 4 aromatic rings. The largest absolute Gasteiger partial charge is 0.421 e. The number of hydrogen-bond acceptors (Lipinski definition) is 10. The van der Waals surface area contributed by atoms with Crippen molar-refractivity contribution >= 4 is 37.3 Å². The van der Waals surface area contributed by atoms with Crippen LogP contribution in [0, 0.1) is 5.82 Å². The molecular formula is C26H27F4N8O5P. The van der Waals surface area contributed by atoms with Crippen molar-refractivity contribution in [2.24, 2.45) is 0 Å². The van der Waals surface area contributed by atoms with Gasteiger partial charge in [-0.3, -0.25) is 14.0 Å². The predicted molar refractivity (Wildman–Crippen MR) is 151 cm³/mol. The molecule has 44 heavy (non-hydrogen) atoms. The first kappa shape index (κ1) is 32.5. The fourth-order valence-corrected chi connectivity index (χ4v) is 4.19. The van der Waals surface area contributed by atoms with Gasteiger partial charge in [0.25, 0.3) is 5.91 Å². The average Bonchev–Trinajstić information content (AvgIpc) is 3.45. The van der Waals surface area contributed by atoms with Crippen molar-refractivity contribution in [3.8, 4) is 11.3 Å². The summed E-state index contributed by atoms with van der Waals surface area (Å²) in [4.78, 5) is 33.4. The van der Waals surface area contributed by atoms with E-state index in [1.807, 2.05) is 0 Å². The van der Waals surface area contributed by atoms with Gasteiger partial charge in [0.1, 0.15) is 17.2 Å². The van der Waals surface area contributed by atoms with Crippen molar-refractivity contribution in [3.05, 3.63) is 71.6 Å². The van der Waals surface area contributed by atoms with E-state index in [-0.39, 0.29) is 35.8 Å². The number of aliphatic hydroxyl groups is 1. The molecule has 0 bridgehead atoms. The molecule has 5 N–H and O–H groups in total. The topological polar surface area (TPSA) is 176 Å². The van der Waals surface area contributed by atoms with Gasteiger partial charge in [-0.1, -0.05) is 6.07 Å². The Labute approximate surface area is 248 Å². The second-order valence-corrected chi connectivity index (χ2v) is 9.99. The standard InChI is InChI=1S/C26H27F4N8O5P/c1-31-24(40)22-21(7-6-19(34-22)16-11-33-38(13-16)8-2-3-9-39)35-23-17(26(28,29)30)12-32-25(37-23)36-20-5-4-15(10-18(20)27)14-43-44(41)42/h4-7,10-13,39,44H,2-3,8-9,14H2,1H3,(H,31,40)(H,41,42)(H2,32,35,36,37). The lowest BCUT2D eigenvalue weighted by Gasteiger charge is -2.17. The number of nitrogens with one attached hydrogen (secondary N) is 3. The molecule has 13 nitrogen and oxygen atoms in total. The third-order valence-electron chi connectivity index (χ3n) is 6.05. The Morgan fingerprint density at radius 1 is 1.09 bits per heavy atom. The van der Waals surface area contributed by atoms with Crippen molar-refractivity contribution < 1.29 is 41.4 Å². The summed E-state index contributed by atoms with van der Waals surface area (Å²) in [5.41, 5.74) is -0.648. The Bertz CT molecular complexity index is 1650. The van der Waals surface area contributed by atoms with Crippen LogP contribution >= 0.6 is 8.25 Å². The zero-order valence-corrected chi connectivity index (χ0v) is 24.0. The van der Waals surface area contributed by atoms with Crippen molar-refractivity contribution in [3.63, 3.8) is 0 Å².